The number of allylic oxidation sites excluding steroid dienone is 1. The Balaban J connectivity index is 1.76. The second-order valence-corrected chi connectivity index (χ2v) is 7.53. The van der Waals surface area contributed by atoms with Crippen molar-refractivity contribution in [2.75, 3.05) is 0 Å². The Morgan fingerprint density at radius 2 is 1.83 bits per heavy atom. The first-order chi connectivity index (χ1) is 14.5. The van der Waals surface area contributed by atoms with Crippen LogP contribution in [0.15, 0.2) is 66.4 Å². The van der Waals surface area contributed by atoms with Crippen LogP contribution in [0.1, 0.15) is 32.9 Å². The van der Waals surface area contributed by atoms with Gasteiger partial charge in [-0.2, -0.15) is 10.4 Å². The van der Waals surface area contributed by atoms with Gasteiger partial charge in [0, 0.05) is 34.9 Å². The first-order valence-electron chi connectivity index (χ1n) is 9.79. The van der Waals surface area contributed by atoms with Crippen LogP contribution in [0.2, 0.25) is 0 Å². The SMILES string of the molecule is Cc1ccc(Cn2cc(/C=C(\C#N)C(=O)n3nc(C)cc3C)c3ccccc32)cc1. The summed E-state index contributed by atoms with van der Waals surface area (Å²) in [7, 11) is 0. The molecule has 0 saturated carbocycles. The molecule has 2 heterocycles. The summed E-state index contributed by atoms with van der Waals surface area (Å²) in [5.41, 5.74) is 5.81. The van der Waals surface area contributed by atoms with E-state index in [1.807, 2.05) is 37.4 Å². The summed E-state index contributed by atoms with van der Waals surface area (Å²) >= 11 is 0. The van der Waals surface area contributed by atoms with Crippen LogP contribution in [0, 0.1) is 32.1 Å². The maximum Gasteiger partial charge on any atom is 0.289 e. The highest BCUT2D eigenvalue weighted by molar-refractivity contribution is 6.05. The van der Waals surface area contributed by atoms with Crippen molar-refractivity contribution in [2.45, 2.75) is 27.3 Å². The smallest absolute Gasteiger partial charge is 0.289 e. The summed E-state index contributed by atoms with van der Waals surface area (Å²) in [6.07, 6.45) is 3.66. The van der Waals surface area contributed by atoms with E-state index < -0.39 is 5.91 Å². The largest absolute Gasteiger partial charge is 0.342 e. The van der Waals surface area contributed by atoms with Gasteiger partial charge in [-0.25, -0.2) is 4.68 Å². The molecular weight excluding hydrogens is 372 g/mol. The number of fused-ring (bicyclic) bond motifs is 1. The lowest BCUT2D eigenvalue weighted by Crippen LogP contribution is -2.15. The molecule has 2 aromatic heterocycles. The van der Waals surface area contributed by atoms with Crippen molar-refractivity contribution in [1.29, 1.82) is 5.26 Å². The zero-order valence-electron chi connectivity index (χ0n) is 17.3. The normalized spacial score (nSPS) is 11.6. The second-order valence-electron chi connectivity index (χ2n) is 7.53. The van der Waals surface area contributed by atoms with E-state index in [-0.39, 0.29) is 5.57 Å². The van der Waals surface area contributed by atoms with Crippen molar-refractivity contribution < 1.29 is 4.79 Å². The van der Waals surface area contributed by atoms with E-state index >= 15 is 0 Å². The fourth-order valence-corrected chi connectivity index (χ4v) is 3.66. The lowest BCUT2D eigenvalue weighted by molar-refractivity contribution is 0.0944. The van der Waals surface area contributed by atoms with Gasteiger partial charge < -0.3 is 4.57 Å². The number of aryl methyl sites for hydroxylation is 3. The molecule has 4 rings (SSSR count). The molecule has 30 heavy (non-hydrogen) atoms. The van der Waals surface area contributed by atoms with Crippen LogP contribution in [0.3, 0.4) is 0 Å². The van der Waals surface area contributed by atoms with Crippen LogP contribution in [0.4, 0.5) is 0 Å². The lowest BCUT2D eigenvalue weighted by Gasteiger charge is -2.06. The van der Waals surface area contributed by atoms with E-state index in [2.05, 4.69) is 53.0 Å². The quantitative estimate of drug-likeness (QED) is 0.359. The molecule has 5 heteroatoms. The molecule has 5 nitrogen and oxygen atoms in total. The minimum absolute atomic E-state index is 0.0550. The molecule has 148 valence electrons. The van der Waals surface area contributed by atoms with Crippen molar-refractivity contribution in [2.24, 2.45) is 0 Å². The monoisotopic (exact) mass is 394 g/mol. The average molecular weight is 394 g/mol. The maximum absolute atomic E-state index is 12.9. The molecule has 0 radical (unpaired) electrons. The highest BCUT2D eigenvalue weighted by Crippen LogP contribution is 2.25. The summed E-state index contributed by atoms with van der Waals surface area (Å²) in [5, 5.41) is 14.9. The second kappa shape index (κ2) is 7.84. The van der Waals surface area contributed by atoms with Gasteiger partial charge in [-0.3, -0.25) is 4.79 Å². The molecular formula is C25H22N4O. The topological polar surface area (TPSA) is 63.6 Å². The van der Waals surface area contributed by atoms with E-state index in [0.29, 0.717) is 12.2 Å². The highest BCUT2D eigenvalue weighted by atomic mass is 16.2. The van der Waals surface area contributed by atoms with Crippen LogP contribution in [0.5, 0.6) is 0 Å². The molecule has 0 aliphatic rings. The number of nitrogens with zero attached hydrogens (tertiary/aromatic N) is 4. The van der Waals surface area contributed by atoms with Crippen molar-refractivity contribution in [3.63, 3.8) is 0 Å². The van der Waals surface area contributed by atoms with E-state index in [1.54, 1.807) is 13.0 Å². The number of aromatic nitrogens is 3. The summed E-state index contributed by atoms with van der Waals surface area (Å²) in [6.45, 7) is 6.41. The summed E-state index contributed by atoms with van der Waals surface area (Å²) in [6, 6.07) is 20.3. The number of benzene rings is 2. The van der Waals surface area contributed by atoms with Gasteiger partial charge in [0.15, 0.2) is 0 Å². The molecule has 0 fully saturated rings. The molecule has 0 amide bonds. The fourth-order valence-electron chi connectivity index (χ4n) is 3.66. The number of carbonyl (C=O) groups excluding carboxylic acids is 1. The Morgan fingerprint density at radius 3 is 2.50 bits per heavy atom. The third-order valence-electron chi connectivity index (χ3n) is 5.15. The lowest BCUT2D eigenvalue weighted by atomic mass is 10.1. The summed E-state index contributed by atoms with van der Waals surface area (Å²) in [5.74, 6) is -0.418. The van der Waals surface area contributed by atoms with Gasteiger partial charge in [-0.15, -0.1) is 0 Å². The molecule has 0 atom stereocenters. The molecule has 2 aromatic carbocycles. The minimum atomic E-state index is -0.418. The minimum Gasteiger partial charge on any atom is -0.342 e. The van der Waals surface area contributed by atoms with Crippen LogP contribution < -0.4 is 0 Å². The van der Waals surface area contributed by atoms with Crippen molar-refractivity contribution >= 4 is 22.9 Å². The van der Waals surface area contributed by atoms with Crippen LogP contribution in [0.25, 0.3) is 17.0 Å². The predicted octanol–water partition coefficient (Wildman–Crippen LogP) is 5.06. The first kappa shape index (κ1) is 19.4. The van der Waals surface area contributed by atoms with E-state index in [0.717, 1.165) is 22.2 Å². The van der Waals surface area contributed by atoms with Crippen molar-refractivity contribution in [3.05, 3.63) is 94.4 Å². The average Bonchev–Trinajstić information content (AvgIpc) is 3.26. The Labute approximate surface area is 175 Å². The first-order valence-corrected chi connectivity index (χ1v) is 9.79. The molecule has 0 aliphatic carbocycles. The molecule has 0 saturated heterocycles. The van der Waals surface area contributed by atoms with Crippen molar-refractivity contribution in [1.82, 2.24) is 14.3 Å². The Bertz CT molecular complexity index is 1310. The van der Waals surface area contributed by atoms with Gasteiger partial charge in [-0.05, 0) is 44.5 Å². The van der Waals surface area contributed by atoms with E-state index in [4.69, 9.17) is 0 Å². The Kier molecular flexibility index (Phi) is 5.07. The van der Waals surface area contributed by atoms with Gasteiger partial charge >= 0.3 is 0 Å². The fraction of sp³-hybridized carbons (Fsp3) is 0.160. The molecule has 0 unspecified atom stereocenters. The predicted molar refractivity (Wildman–Crippen MR) is 118 cm³/mol. The zero-order valence-corrected chi connectivity index (χ0v) is 17.3. The molecule has 4 aromatic rings. The third-order valence-corrected chi connectivity index (χ3v) is 5.15. The summed E-state index contributed by atoms with van der Waals surface area (Å²) in [4.78, 5) is 12.9. The van der Waals surface area contributed by atoms with Gasteiger partial charge in [0.05, 0.1) is 5.69 Å². The standard InChI is InChI=1S/C25H22N4O/c1-17-8-10-20(11-9-17)15-28-16-22(23-6-4-5-7-24(23)28)13-21(14-26)25(30)29-19(3)12-18(2)27-29/h4-13,16H,15H2,1-3H3/b21-13+. The number of hydrogen-bond donors (Lipinski definition) is 0. The van der Waals surface area contributed by atoms with Crippen LogP contribution >= 0.6 is 0 Å². The number of carbonyl (C=O) groups is 1. The van der Waals surface area contributed by atoms with Crippen molar-refractivity contribution in [3.8, 4) is 6.07 Å². The molecule has 0 bridgehead atoms. The van der Waals surface area contributed by atoms with Gasteiger partial charge in [-0.1, -0.05) is 48.0 Å². The third kappa shape index (κ3) is 3.68. The molecule has 0 spiro atoms. The van der Waals surface area contributed by atoms with E-state index in [9.17, 15) is 10.1 Å². The van der Waals surface area contributed by atoms with Gasteiger partial charge in [0.1, 0.15) is 11.6 Å². The van der Waals surface area contributed by atoms with Crippen LogP contribution in [-0.4, -0.2) is 20.3 Å². The summed E-state index contributed by atoms with van der Waals surface area (Å²) < 4.78 is 3.44. The highest BCUT2D eigenvalue weighted by Gasteiger charge is 2.17. The molecule has 0 N–H and O–H groups in total. The van der Waals surface area contributed by atoms with Gasteiger partial charge in [0.2, 0.25) is 0 Å². The van der Waals surface area contributed by atoms with E-state index in [1.165, 1.54) is 15.8 Å². The maximum atomic E-state index is 12.9. The van der Waals surface area contributed by atoms with Crippen LogP contribution in [-0.2, 0) is 6.54 Å². The molecule has 0 aliphatic heterocycles. The number of nitriles is 1. The number of hydrogen-bond acceptors (Lipinski definition) is 3. The van der Waals surface area contributed by atoms with Gasteiger partial charge in [0.25, 0.3) is 5.91 Å². The number of para-hydroxylation sites is 1. The Morgan fingerprint density at radius 1 is 1.10 bits per heavy atom. The number of rotatable bonds is 4. The Hall–Kier alpha value is -3.91. The zero-order chi connectivity index (χ0) is 21.3.